The summed E-state index contributed by atoms with van der Waals surface area (Å²) in [5, 5.41) is 0. The largest absolute Gasteiger partial charge is 0.375 e. The van der Waals surface area contributed by atoms with Crippen LogP contribution in [0.4, 0.5) is 0 Å². The van der Waals surface area contributed by atoms with Crippen LogP contribution in [0.15, 0.2) is 0 Å². The first-order valence-electron chi connectivity index (χ1n) is 4.78. The average molecular weight is 156 g/mol. The normalized spacial score (nSPS) is 19.9. The summed E-state index contributed by atoms with van der Waals surface area (Å²) in [7, 11) is 0. The number of hydrogen-bond donors (Lipinski definition) is 0. The third-order valence-electron chi connectivity index (χ3n) is 2.79. The predicted octanol–water partition coefficient (Wildman–Crippen LogP) is 2.99. The van der Waals surface area contributed by atoms with Gasteiger partial charge in [0.1, 0.15) is 0 Å². The topological polar surface area (TPSA) is 9.23 Å². The second-order valence-electron chi connectivity index (χ2n) is 4.22. The van der Waals surface area contributed by atoms with E-state index in [0.717, 1.165) is 18.9 Å². The van der Waals surface area contributed by atoms with Gasteiger partial charge in [0.25, 0.3) is 0 Å². The van der Waals surface area contributed by atoms with Crippen molar-refractivity contribution in [2.24, 2.45) is 5.92 Å². The summed E-state index contributed by atoms with van der Waals surface area (Å²) in [5.74, 6) is 0.876. The van der Waals surface area contributed by atoms with Crippen LogP contribution in [0.3, 0.4) is 0 Å². The average Bonchev–Trinajstić information content (AvgIpc) is 1.84. The molecular formula is C10H20O. The summed E-state index contributed by atoms with van der Waals surface area (Å²) >= 11 is 0. The molecule has 0 atom stereocenters. The highest BCUT2D eigenvalue weighted by Gasteiger charge is 2.22. The van der Waals surface area contributed by atoms with Gasteiger partial charge in [-0.1, -0.05) is 13.3 Å². The predicted molar refractivity (Wildman–Crippen MR) is 47.7 cm³/mol. The van der Waals surface area contributed by atoms with Crippen molar-refractivity contribution in [2.75, 3.05) is 6.61 Å². The molecule has 11 heavy (non-hydrogen) atoms. The van der Waals surface area contributed by atoms with Gasteiger partial charge in [-0.25, -0.2) is 0 Å². The van der Waals surface area contributed by atoms with E-state index in [4.69, 9.17) is 4.74 Å². The van der Waals surface area contributed by atoms with Crippen molar-refractivity contribution in [3.8, 4) is 0 Å². The zero-order valence-electron chi connectivity index (χ0n) is 8.02. The van der Waals surface area contributed by atoms with Crippen molar-refractivity contribution in [3.05, 3.63) is 0 Å². The summed E-state index contributed by atoms with van der Waals surface area (Å²) in [4.78, 5) is 0. The first kappa shape index (κ1) is 9.05. The van der Waals surface area contributed by atoms with E-state index in [0.29, 0.717) is 0 Å². The molecule has 0 bridgehead atoms. The van der Waals surface area contributed by atoms with Crippen molar-refractivity contribution < 1.29 is 4.74 Å². The lowest BCUT2D eigenvalue weighted by atomic mass is 9.86. The highest BCUT2D eigenvalue weighted by Crippen LogP contribution is 2.28. The smallest absolute Gasteiger partial charge is 0.0624 e. The summed E-state index contributed by atoms with van der Waals surface area (Å²) in [6.45, 7) is 7.51. The van der Waals surface area contributed by atoms with Gasteiger partial charge in [0.05, 0.1) is 12.2 Å². The van der Waals surface area contributed by atoms with Gasteiger partial charge in [-0.05, 0) is 39.0 Å². The molecule has 0 aromatic carbocycles. The molecule has 1 saturated carbocycles. The van der Waals surface area contributed by atoms with E-state index in [9.17, 15) is 0 Å². The van der Waals surface area contributed by atoms with Crippen LogP contribution in [0.25, 0.3) is 0 Å². The van der Waals surface area contributed by atoms with Gasteiger partial charge in [-0.3, -0.25) is 0 Å². The van der Waals surface area contributed by atoms with E-state index in [1.807, 2.05) is 0 Å². The van der Waals surface area contributed by atoms with Gasteiger partial charge in [-0.2, -0.15) is 0 Å². The van der Waals surface area contributed by atoms with E-state index < -0.39 is 0 Å². The molecule has 1 nitrogen and oxygen atoms in total. The highest BCUT2D eigenvalue weighted by molar-refractivity contribution is 4.72. The fourth-order valence-corrected chi connectivity index (χ4v) is 1.10. The standard InChI is InChI=1S/C10H20O/c1-4-10(2,3)11-8-9-6-5-7-9/h9H,4-8H2,1-3H3. The Morgan fingerprint density at radius 3 is 2.36 bits per heavy atom. The molecule has 0 heterocycles. The molecule has 0 aromatic rings. The van der Waals surface area contributed by atoms with Gasteiger partial charge < -0.3 is 4.74 Å². The Morgan fingerprint density at radius 2 is 2.00 bits per heavy atom. The fraction of sp³-hybridized carbons (Fsp3) is 1.00. The molecule has 1 rings (SSSR count). The second-order valence-corrected chi connectivity index (χ2v) is 4.22. The minimum absolute atomic E-state index is 0.107. The van der Waals surface area contributed by atoms with Gasteiger partial charge in [-0.15, -0.1) is 0 Å². The van der Waals surface area contributed by atoms with Gasteiger partial charge >= 0.3 is 0 Å². The van der Waals surface area contributed by atoms with Crippen LogP contribution in [-0.2, 0) is 4.74 Å². The molecule has 0 spiro atoms. The van der Waals surface area contributed by atoms with E-state index in [2.05, 4.69) is 20.8 Å². The van der Waals surface area contributed by atoms with Crippen LogP contribution in [0, 0.1) is 5.92 Å². The molecule has 1 heteroatoms. The SMILES string of the molecule is CCC(C)(C)OCC1CCC1. The number of hydrogen-bond acceptors (Lipinski definition) is 1. The minimum atomic E-state index is 0.107. The summed E-state index contributed by atoms with van der Waals surface area (Å²) in [6, 6.07) is 0. The minimum Gasteiger partial charge on any atom is -0.375 e. The van der Waals surface area contributed by atoms with Crippen molar-refractivity contribution in [3.63, 3.8) is 0 Å². The Bertz CT molecular complexity index is 114. The van der Waals surface area contributed by atoms with E-state index >= 15 is 0 Å². The van der Waals surface area contributed by atoms with Crippen LogP contribution in [-0.4, -0.2) is 12.2 Å². The third-order valence-corrected chi connectivity index (χ3v) is 2.79. The molecule has 0 saturated heterocycles. The zero-order chi connectivity index (χ0) is 8.32. The molecule has 0 amide bonds. The molecule has 1 fully saturated rings. The first-order valence-corrected chi connectivity index (χ1v) is 4.78. The van der Waals surface area contributed by atoms with Crippen LogP contribution >= 0.6 is 0 Å². The summed E-state index contributed by atoms with van der Waals surface area (Å²) in [6.07, 6.45) is 5.31. The van der Waals surface area contributed by atoms with E-state index in [-0.39, 0.29) is 5.60 Å². The molecule has 0 N–H and O–H groups in total. The molecule has 0 aromatic heterocycles. The fourth-order valence-electron chi connectivity index (χ4n) is 1.10. The quantitative estimate of drug-likeness (QED) is 0.608. The van der Waals surface area contributed by atoms with Gasteiger partial charge in [0.15, 0.2) is 0 Å². The lowest BCUT2D eigenvalue weighted by Crippen LogP contribution is -2.28. The van der Waals surface area contributed by atoms with Gasteiger partial charge in [0.2, 0.25) is 0 Å². The van der Waals surface area contributed by atoms with Crippen molar-refractivity contribution in [2.45, 2.75) is 52.1 Å². The monoisotopic (exact) mass is 156 g/mol. The van der Waals surface area contributed by atoms with Crippen LogP contribution < -0.4 is 0 Å². The van der Waals surface area contributed by atoms with Crippen LogP contribution in [0.5, 0.6) is 0 Å². The highest BCUT2D eigenvalue weighted by atomic mass is 16.5. The third kappa shape index (κ3) is 2.82. The molecule has 0 radical (unpaired) electrons. The molecule has 0 unspecified atom stereocenters. The molecule has 1 aliphatic rings. The van der Waals surface area contributed by atoms with E-state index in [1.165, 1.54) is 19.3 Å². The molecule has 0 aliphatic heterocycles. The van der Waals surface area contributed by atoms with Crippen molar-refractivity contribution in [1.29, 1.82) is 0 Å². The molecule has 66 valence electrons. The maximum Gasteiger partial charge on any atom is 0.0624 e. The summed E-state index contributed by atoms with van der Waals surface area (Å²) < 4.78 is 5.78. The lowest BCUT2D eigenvalue weighted by Gasteiger charge is -2.30. The Hall–Kier alpha value is -0.0400. The Morgan fingerprint density at radius 1 is 1.36 bits per heavy atom. The first-order chi connectivity index (χ1) is 5.14. The Labute approximate surface area is 70.1 Å². The van der Waals surface area contributed by atoms with E-state index in [1.54, 1.807) is 0 Å². The van der Waals surface area contributed by atoms with Crippen molar-refractivity contribution >= 4 is 0 Å². The number of ether oxygens (including phenoxy) is 1. The lowest BCUT2D eigenvalue weighted by molar-refractivity contribution is -0.0493. The molecular weight excluding hydrogens is 136 g/mol. The maximum absolute atomic E-state index is 5.78. The van der Waals surface area contributed by atoms with Gasteiger partial charge in [0, 0.05) is 0 Å². The second kappa shape index (κ2) is 3.57. The number of rotatable bonds is 4. The molecule has 1 aliphatic carbocycles. The van der Waals surface area contributed by atoms with Crippen molar-refractivity contribution in [1.82, 2.24) is 0 Å². The Balaban J connectivity index is 2.09. The van der Waals surface area contributed by atoms with Crippen LogP contribution in [0.1, 0.15) is 46.5 Å². The summed E-state index contributed by atoms with van der Waals surface area (Å²) in [5.41, 5.74) is 0.107. The van der Waals surface area contributed by atoms with Crippen LogP contribution in [0.2, 0.25) is 0 Å². The maximum atomic E-state index is 5.78. The Kier molecular flexibility index (Phi) is 2.94. The zero-order valence-corrected chi connectivity index (χ0v) is 8.02.